The zero-order valence-electron chi connectivity index (χ0n) is 11.9. The first kappa shape index (κ1) is 15.6. The molecule has 0 aromatic carbocycles. The van der Waals surface area contributed by atoms with E-state index in [4.69, 9.17) is 9.47 Å². The first-order chi connectivity index (χ1) is 8.47. The van der Waals surface area contributed by atoms with Gasteiger partial charge >= 0.3 is 0 Å². The maximum absolute atomic E-state index is 5.28. The highest BCUT2D eigenvalue weighted by atomic mass is 32.1. The average molecular weight is 272 g/mol. The van der Waals surface area contributed by atoms with Gasteiger partial charge in [-0.05, 0) is 0 Å². The van der Waals surface area contributed by atoms with E-state index in [1.54, 1.807) is 25.6 Å². The molecule has 5 heteroatoms. The van der Waals surface area contributed by atoms with Gasteiger partial charge in [0.25, 0.3) is 0 Å². The highest BCUT2D eigenvalue weighted by Gasteiger charge is 2.17. The molecule has 1 heterocycles. The number of aromatic nitrogens is 1. The second kappa shape index (κ2) is 7.19. The minimum Gasteiger partial charge on any atom is -0.382 e. The molecule has 1 rings (SSSR count). The van der Waals surface area contributed by atoms with Crippen molar-refractivity contribution in [3.05, 3.63) is 16.1 Å². The standard InChI is InChI=1S/C13H24N2O2S/c1-13(2,3)12-15-10(9-18-12)6-14-7-11(17-5)8-16-4/h9,11,14H,6-8H2,1-5H3. The van der Waals surface area contributed by atoms with Crippen molar-refractivity contribution >= 4 is 11.3 Å². The van der Waals surface area contributed by atoms with Crippen LogP contribution in [0.3, 0.4) is 0 Å². The molecule has 0 bridgehead atoms. The third-order valence-corrected chi connectivity index (χ3v) is 3.87. The number of rotatable bonds is 7. The molecule has 0 saturated heterocycles. The van der Waals surface area contributed by atoms with Gasteiger partial charge in [0, 0.05) is 38.1 Å². The maximum Gasteiger partial charge on any atom is 0.0982 e. The molecular formula is C13H24N2O2S. The van der Waals surface area contributed by atoms with Crippen molar-refractivity contribution in [3.8, 4) is 0 Å². The molecule has 1 aromatic heterocycles. The van der Waals surface area contributed by atoms with Gasteiger partial charge in [-0.3, -0.25) is 0 Å². The fourth-order valence-electron chi connectivity index (χ4n) is 1.49. The van der Waals surface area contributed by atoms with Gasteiger partial charge in [0.1, 0.15) is 0 Å². The van der Waals surface area contributed by atoms with Gasteiger partial charge in [-0.25, -0.2) is 4.98 Å². The molecule has 0 fully saturated rings. The molecule has 4 nitrogen and oxygen atoms in total. The summed E-state index contributed by atoms with van der Waals surface area (Å²) in [7, 11) is 3.38. The Bertz CT molecular complexity index is 347. The van der Waals surface area contributed by atoms with Crippen molar-refractivity contribution in [2.24, 2.45) is 0 Å². The number of ether oxygens (including phenoxy) is 2. The smallest absolute Gasteiger partial charge is 0.0982 e. The van der Waals surface area contributed by atoms with Crippen molar-refractivity contribution in [1.82, 2.24) is 10.3 Å². The Morgan fingerprint density at radius 3 is 2.61 bits per heavy atom. The van der Waals surface area contributed by atoms with E-state index in [9.17, 15) is 0 Å². The summed E-state index contributed by atoms with van der Waals surface area (Å²) in [5, 5.41) is 6.64. The van der Waals surface area contributed by atoms with Crippen LogP contribution in [-0.4, -0.2) is 38.5 Å². The summed E-state index contributed by atoms with van der Waals surface area (Å²) in [5.74, 6) is 0. The Kier molecular flexibility index (Phi) is 6.21. The molecule has 1 unspecified atom stereocenters. The Morgan fingerprint density at radius 1 is 1.39 bits per heavy atom. The van der Waals surface area contributed by atoms with Crippen LogP contribution in [0.1, 0.15) is 31.5 Å². The van der Waals surface area contributed by atoms with Crippen molar-refractivity contribution in [2.45, 2.75) is 38.8 Å². The van der Waals surface area contributed by atoms with Gasteiger partial charge in [0.2, 0.25) is 0 Å². The second-order valence-electron chi connectivity index (χ2n) is 5.34. The molecule has 0 amide bonds. The molecule has 0 aliphatic carbocycles. The lowest BCUT2D eigenvalue weighted by atomic mass is 9.98. The fraction of sp³-hybridized carbons (Fsp3) is 0.769. The van der Waals surface area contributed by atoms with Crippen LogP contribution in [0.2, 0.25) is 0 Å². The summed E-state index contributed by atoms with van der Waals surface area (Å²) in [4.78, 5) is 4.63. The quantitative estimate of drug-likeness (QED) is 0.826. The van der Waals surface area contributed by atoms with Gasteiger partial charge in [-0.1, -0.05) is 20.8 Å². The van der Waals surface area contributed by atoms with E-state index < -0.39 is 0 Å². The van der Waals surface area contributed by atoms with Crippen molar-refractivity contribution in [3.63, 3.8) is 0 Å². The molecule has 1 aromatic rings. The van der Waals surface area contributed by atoms with E-state index in [1.165, 1.54) is 5.01 Å². The third-order valence-electron chi connectivity index (χ3n) is 2.56. The summed E-state index contributed by atoms with van der Waals surface area (Å²) in [5.41, 5.74) is 1.23. The van der Waals surface area contributed by atoms with Gasteiger partial charge in [-0.2, -0.15) is 0 Å². The molecule has 0 spiro atoms. The highest BCUT2D eigenvalue weighted by molar-refractivity contribution is 7.09. The van der Waals surface area contributed by atoms with Crippen LogP contribution in [0.15, 0.2) is 5.38 Å². The Labute approximate surface area is 114 Å². The van der Waals surface area contributed by atoms with Crippen LogP contribution < -0.4 is 5.32 Å². The molecule has 0 aliphatic rings. The molecule has 0 aliphatic heterocycles. The Morgan fingerprint density at radius 2 is 2.11 bits per heavy atom. The van der Waals surface area contributed by atoms with Crippen molar-refractivity contribution in [2.75, 3.05) is 27.4 Å². The van der Waals surface area contributed by atoms with E-state index in [2.05, 4.69) is 36.5 Å². The summed E-state index contributed by atoms with van der Waals surface area (Å²) >= 11 is 1.72. The molecule has 0 radical (unpaired) electrons. The van der Waals surface area contributed by atoms with Gasteiger partial charge < -0.3 is 14.8 Å². The predicted octanol–water partition coefficient (Wildman–Crippen LogP) is 2.19. The van der Waals surface area contributed by atoms with E-state index >= 15 is 0 Å². The van der Waals surface area contributed by atoms with Crippen molar-refractivity contribution in [1.29, 1.82) is 0 Å². The first-order valence-electron chi connectivity index (χ1n) is 6.14. The van der Waals surface area contributed by atoms with Crippen LogP contribution in [0.5, 0.6) is 0 Å². The summed E-state index contributed by atoms with van der Waals surface area (Å²) in [6, 6.07) is 0. The van der Waals surface area contributed by atoms with Gasteiger partial charge in [-0.15, -0.1) is 11.3 Å². The third kappa shape index (κ3) is 5.02. The van der Waals surface area contributed by atoms with Crippen LogP contribution in [0.4, 0.5) is 0 Å². The first-order valence-corrected chi connectivity index (χ1v) is 7.02. The molecule has 1 atom stereocenters. The number of hydrogen-bond acceptors (Lipinski definition) is 5. The summed E-state index contributed by atoms with van der Waals surface area (Å²) in [6.45, 7) is 8.70. The minimum atomic E-state index is 0.0933. The van der Waals surface area contributed by atoms with Crippen LogP contribution in [0, 0.1) is 0 Å². The Hall–Kier alpha value is -0.490. The molecular weight excluding hydrogens is 248 g/mol. The molecule has 0 saturated carbocycles. The SMILES string of the molecule is COCC(CNCc1csc(C(C)(C)C)n1)OC. The summed E-state index contributed by atoms with van der Waals surface area (Å²) in [6.07, 6.45) is 0.0933. The number of hydrogen-bond donors (Lipinski definition) is 1. The van der Waals surface area contributed by atoms with E-state index in [0.29, 0.717) is 6.61 Å². The minimum absolute atomic E-state index is 0.0933. The van der Waals surface area contributed by atoms with Crippen LogP contribution in [-0.2, 0) is 21.4 Å². The van der Waals surface area contributed by atoms with E-state index in [0.717, 1.165) is 18.8 Å². The largest absolute Gasteiger partial charge is 0.382 e. The van der Waals surface area contributed by atoms with Crippen LogP contribution in [0.25, 0.3) is 0 Å². The highest BCUT2D eigenvalue weighted by Crippen LogP contribution is 2.25. The zero-order chi connectivity index (χ0) is 13.6. The number of nitrogens with zero attached hydrogens (tertiary/aromatic N) is 1. The number of thiazole rings is 1. The average Bonchev–Trinajstić information content (AvgIpc) is 2.76. The second-order valence-corrected chi connectivity index (χ2v) is 6.20. The van der Waals surface area contributed by atoms with E-state index in [-0.39, 0.29) is 11.5 Å². The van der Waals surface area contributed by atoms with E-state index in [1.807, 2.05) is 0 Å². The zero-order valence-corrected chi connectivity index (χ0v) is 12.8. The summed E-state index contributed by atoms with van der Waals surface area (Å²) < 4.78 is 10.4. The lowest BCUT2D eigenvalue weighted by Gasteiger charge is -2.15. The van der Waals surface area contributed by atoms with Gasteiger partial charge in [0.05, 0.1) is 23.4 Å². The maximum atomic E-state index is 5.28. The lowest BCUT2D eigenvalue weighted by Crippen LogP contribution is -2.31. The molecule has 1 N–H and O–H groups in total. The monoisotopic (exact) mass is 272 g/mol. The normalized spacial score (nSPS) is 13.8. The lowest BCUT2D eigenvalue weighted by molar-refractivity contribution is 0.0287. The van der Waals surface area contributed by atoms with Crippen LogP contribution >= 0.6 is 11.3 Å². The number of nitrogens with one attached hydrogen (secondary N) is 1. The number of methoxy groups -OCH3 is 2. The molecule has 18 heavy (non-hydrogen) atoms. The van der Waals surface area contributed by atoms with Crippen molar-refractivity contribution < 1.29 is 9.47 Å². The van der Waals surface area contributed by atoms with Gasteiger partial charge in [0.15, 0.2) is 0 Å². The predicted molar refractivity (Wildman–Crippen MR) is 75.2 cm³/mol. The fourth-order valence-corrected chi connectivity index (χ4v) is 2.40. The topological polar surface area (TPSA) is 43.4 Å². The Balaban J connectivity index is 2.37. The molecule has 104 valence electrons.